The highest BCUT2D eigenvalue weighted by Gasteiger charge is 2.15. The minimum absolute atomic E-state index is 0.113. The maximum absolute atomic E-state index is 11.0. The fourth-order valence-electron chi connectivity index (χ4n) is 1.51. The lowest BCUT2D eigenvalue weighted by atomic mass is 10.1. The molecule has 0 aliphatic heterocycles. The number of fused-ring (bicyclic) bond motifs is 1. The van der Waals surface area contributed by atoms with Crippen molar-refractivity contribution in [1.82, 2.24) is 9.78 Å². The van der Waals surface area contributed by atoms with Gasteiger partial charge in [-0.25, -0.2) is 4.79 Å². The van der Waals surface area contributed by atoms with Gasteiger partial charge in [0.1, 0.15) is 5.56 Å². The second kappa shape index (κ2) is 2.73. The number of carbonyl (C=O) groups is 1. The molecular formula is C9H9N3O2. The maximum atomic E-state index is 11.0. The summed E-state index contributed by atoms with van der Waals surface area (Å²) in [6.45, 7) is 0. The standard InChI is InChI=1S/C9H9N3O2/c1-12-8-5(4-11-12)2-3-6(10)7(8)9(13)14/h2-4H,10H2,1H3,(H,13,14). The number of nitrogen functional groups attached to an aromatic ring is 1. The molecule has 1 aromatic heterocycles. The molecule has 0 saturated carbocycles. The highest BCUT2D eigenvalue weighted by atomic mass is 16.4. The number of rotatable bonds is 1. The Hall–Kier alpha value is -2.04. The predicted octanol–water partition coefficient (Wildman–Crippen LogP) is 0.854. The minimum atomic E-state index is -1.03. The van der Waals surface area contributed by atoms with Crippen LogP contribution in [-0.2, 0) is 7.05 Å². The first-order valence-electron chi connectivity index (χ1n) is 4.04. The number of benzene rings is 1. The third-order valence-electron chi connectivity index (χ3n) is 2.15. The average molecular weight is 191 g/mol. The molecule has 0 unspecified atom stereocenters. The van der Waals surface area contributed by atoms with Gasteiger partial charge in [0.2, 0.25) is 0 Å². The van der Waals surface area contributed by atoms with Gasteiger partial charge in [0.05, 0.1) is 11.7 Å². The Kier molecular flexibility index (Phi) is 1.67. The summed E-state index contributed by atoms with van der Waals surface area (Å²) in [5.74, 6) is -1.03. The number of carboxylic acids is 1. The first kappa shape index (κ1) is 8.55. The van der Waals surface area contributed by atoms with Gasteiger partial charge in [0.15, 0.2) is 0 Å². The second-order valence-corrected chi connectivity index (χ2v) is 3.04. The molecule has 0 aliphatic carbocycles. The van der Waals surface area contributed by atoms with Crippen molar-refractivity contribution in [2.24, 2.45) is 7.05 Å². The molecule has 5 heteroatoms. The molecule has 5 nitrogen and oxygen atoms in total. The summed E-state index contributed by atoms with van der Waals surface area (Å²) in [6.07, 6.45) is 1.61. The summed E-state index contributed by atoms with van der Waals surface area (Å²) in [6, 6.07) is 3.33. The van der Waals surface area contributed by atoms with Crippen molar-refractivity contribution < 1.29 is 9.90 Å². The zero-order valence-corrected chi connectivity index (χ0v) is 7.56. The van der Waals surface area contributed by atoms with Crippen LogP contribution in [0.2, 0.25) is 0 Å². The number of nitrogens with zero attached hydrogens (tertiary/aromatic N) is 2. The van der Waals surface area contributed by atoms with E-state index in [2.05, 4.69) is 5.10 Å². The van der Waals surface area contributed by atoms with Crippen LogP contribution in [0.3, 0.4) is 0 Å². The number of carboxylic acid groups (broad SMARTS) is 1. The average Bonchev–Trinajstić information content (AvgIpc) is 2.47. The van der Waals surface area contributed by atoms with E-state index in [4.69, 9.17) is 10.8 Å². The van der Waals surface area contributed by atoms with Gasteiger partial charge in [0.25, 0.3) is 0 Å². The number of hydrogen-bond donors (Lipinski definition) is 2. The normalized spacial score (nSPS) is 10.6. The molecule has 0 atom stereocenters. The molecule has 0 spiro atoms. The fraction of sp³-hybridized carbons (Fsp3) is 0.111. The number of anilines is 1. The van der Waals surface area contributed by atoms with Gasteiger partial charge in [0, 0.05) is 18.1 Å². The monoisotopic (exact) mass is 191 g/mol. The molecule has 2 rings (SSSR count). The van der Waals surface area contributed by atoms with Crippen LogP contribution >= 0.6 is 0 Å². The van der Waals surface area contributed by atoms with E-state index in [9.17, 15) is 4.79 Å². The van der Waals surface area contributed by atoms with E-state index in [1.807, 2.05) is 0 Å². The van der Waals surface area contributed by atoms with Crippen LogP contribution in [0.1, 0.15) is 10.4 Å². The molecular weight excluding hydrogens is 182 g/mol. The maximum Gasteiger partial charge on any atom is 0.340 e. The highest BCUT2D eigenvalue weighted by Crippen LogP contribution is 2.23. The second-order valence-electron chi connectivity index (χ2n) is 3.04. The van der Waals surface area contributed by atoms with E-state index in [1.165, 1.54) is 4.68 Å². The first-order chi connectivity index (χ1) is 6.61. The van der Waals surface area contributed by atoms with Crippen LogP contribution < -0.4 is 5.73 Å². The summed E-state index contributed by atoms with van der Waals surface area (Å²) < 4.78 is 1.51. The van der Waals surface area contributed by atoms with Gasteiger partial charge >= 0.3 is 5.97 Å². The van der Waals surface area contributed by atoms with E-state index >= 15 is 0 Å². The quantitative estimate of drug-likeness (QED) is 0.655. The lowest BCUT2D eigenvalue weighted by Gasteiger charge is -2.03. The third kappa shape index (κ3) is 1.02. The molecule has 0 saturated heterocycles. The Morgan fingerprint density at radius 1 is 1.57 bits per heavy atom. The van der Waals surface area contributed by atoms with Gasteiger partial charge in [-0.1, -0.05) is 0 Å². The molecule has 0 amide bonds. The van der Waals surface area contributed by atoms with E-state index in [0.717, 1.165) is 5.39 Å². The molecule has 14 heavy (non-hydrogen) atoms. The summed E-state index contributed by atoms with van der Waals surface area (Å²) in [5, 5.41) is 13.7. The van der Waals surface area contributed by atoms with E-state index in [-0.39, 0.29) is 11.3 Å². The Morgan fingerprint density at radius 3 is 2.93 bits per heavy atom. The molecule has 72 valence electrons. The topological polar surface area (TPSA) is 81.1 Å². The number of aryl methyl sites for hydroxylation is 1. The van der Waals surface area contributed by atoms with E-state index in [0.29, 0.717) is 5.52 Å². The zero-order chi connectivity index (χ0) is 10.3. The molecule has 3 N–H and O–H groups in total. The first-order valence-corrected chi connectivity index (χ1v) is 4.04. The van der Waals surface area contributed by atoms with Crippen molar-refractivity contribution in [3.05, 3.63) is 23.9 Å². The summed E-state index contributed by atoms with van der Waals surface area (Å²) in [4.78, 5) is 11.0. The smallest absolute Gasteiger partial charge is 0.340 e. The summed E-state index contributed by atoms with van der Waals surface area (Å²) in [5.41, 5.74) is 6.52. The van der Waals surface area contributed by atoms with Crippen LogP contribution in [-0.4, -0.2) is 20.9 Å². The Morgan fingerprint density at radius 2 is 2.29 bits per heavy atom. The van der Waals surface area contributed by atoms with Crippen LogP contribution in [0.15, 0.2) is 18.3 Å². The number of aromatic carboxylic acids is 1. The van der Waals surface area contributed by atoms with Crippen molar-refractivity contribution in [2.45, 2.75) is 0 Å². The molecule has 0 fully saturated rings. The molecule has 1 aromatic carbocycles. The van der Waals surface area contributed by atoms with Gasteiger partial charge < -0.3 is 10.8 Å². The van der Waals surface area contributed by atoms with Crippen molar-refractivity contribution in [3.8, 4) is 0 Å². The van der Waals surface area contributed by atoms with Gasteiger partial charge in [-0.3, -0.25) is 4.68 Å². The van der Waals surface area contributed by atoms with Crippen LogP contribution in [0, 0.1) is 0 Å². The Bertz CT molecular complexity index is 516. The minimum Gasteiger partial charge on any atom is -0.478 e. The molecule has 0 bridgehead atoms. The van der Waals surface area contributed by atoms with Crippen molar-refractivity contribution in [1.29, 1.82) is 0 Å². The molecule has 2 aromatic rings. The van der Waals surface area contributed by atoms with E-state index < -0.39 is 5.97 Å². The van der Waals surface area contributed by atoms with Gasteiger partial charge in [-0.2, -0.15) is 5.10 Å². The molecule has 0 aliphatic rings. The lowest BCUT2D eigenvalue weighted by molar-refractivity contribution is 0.0699. The van der Waals surface area contributed by atoms with Crippen molar-refractivity contribution >= 4 is 22.6 Å². The number of nitrogens with two attached hydrogens (primary N) is 1. The largest absolute Gasteiger partial charge is 0.478 e. The molecule has 0 radical (unpaired) electrons. The van der Waals surface area contributed by atoms with Gasteiger partial charge in [-0.15, -0.1) is 0 Å². The molecule has 1 heterocycles. The highest BCUT2D eigenvalue weighted by molar-refractivity contribution is 6.06. The summed E-state index contributed by atoms with van der Waals surface area (Å²) >= 11 is 0. The number of hydrogen-bond acceptors (Lipinski definition) is 3. The van der Waals surface area contributed by atoms with Crippen molar-refractivity contribution in [3.63, 3.8) is 0 Å². The van der Waals surface area contributed by atoms with Crippen LogP contribution in [0.4, 0.5) is 5.69 Å². The Balaban J connectivity index is 2.94. The predicted molar refractivity (Wildman–Crippen MR) is 52.1 cm³/mol. The summed E-state index contributed by atoms with van der Waals surface area (Å²) in [7, 11) is 1.69. The Labute approximate surface area is 79.7 Å². The van der Waals surface area contributed by atoms with Gasteiger partial charge in [-0.05, 0) is 12.1 Å². The van der Waals surface area contributed by atoms with Crippen LogP contribution in [0.5, 0.6) is 0 Å². The SMILES string of the molecule is Cn1ncc2ccc(N)c(C(=O)O)c21. The lowest BCUT2D eigenvalue weighted by Crippen LogP contribution is -2.05. The van der Waals surface area contributed by atoms with E-state index in [1.54, 1.807) is 25.4 Å². The number of aromatic nitrogens is 2. The van der Waals surface area contributed by atoms with Crippen LogP contribution in [0.25, 0.3) is 10.9 Å². The van der Waals surface area contributed by atoms with Crippen molar-refractivity contribution in [2.75, 3.05) is 5.73 Å². The third-order valence-corrected chi connectivity index (χ3v) is 2.15. The zero-order valence-electron chi connectivity index (χ0n) is 7.56. The fourth-order valence-corrected chi connectivity index (χ4v) is 1.51.